The third kappa shape index (κ3) is 2.52. The summed E-state index contributed by atoms with van der Waals surface area (Å²) in [5.74, 6) is 2.09. The molecule has 0 bridgehead atoms. The molecule has 0 amide bonds. The molecule has 0 saturated carbocycles. The Labute approximate surface area is 104 Å². The first kappa shape index (κ1) is 14.2. The molecule has 5 heteroatoms. The second-order valence-corrected chi connectivity index (χ2v) is 7.96. The van der Waals surface area contributed by atoms with Crippen molar-refractivity contribution in [1.29, 1.82) is 0 Å². The maximum atomic E-state index is 12.6. The van der Waals surface area contributed by atoms with Gasteiger partial charge in [0.15, 0.2) is 0 Å². The van der Waals surface area contributed by atoms with Gasteiger partial charge in [0.25, 0.3) is 0 Å². The minimum atomic E-state index is -3.15. The second kappa shape index (κ2) is 4.80. The van der Waals surface area contributed by atoms with Gasteiger partial charge in [0.05, 0.1) is 0 Å². The average molecular weight is 309 g/mol. The van der Waals surface area contributed by atoms with E-state index in [4.69, 9.17) is 9.05 Å². The van der Waals surface area contributed by atoms with E-state index in [0.29, 0.717) is 5.31 Å². The molecule has 0 aromatic rings. The van der Waals surface area contributed by atoms with Gasteiger partial charge in [-0.15, -0.1) is 0 Å². The summed E-state index contributed by atoms with van der Waals surface area (Å²) in [6, 6.07) is 0. The number of rotatable bonds is 4. The molecule has 16 heavy (non-hydrogen) atoms. The zero-order valence-corrected chi connectivity index (χ0v) is 13.0. The van der Waals surface area contributed by atoms with Crippen LogP contribution in [0.1, 0.15) is 27.7 Å². The molecule has 0 radical (unpaired) electrons. The van der Waals surface area contributed by atoms with Gasteiger partial charge in [0.2, 0.25) is 0 Å². The minimum absolute atomic E-state index is 0.125. The molecule has 0 aliphatic carbocycles. The Balaban J connectivity index is 3.23. The fourth-order valence-electron chi connectivity index (χ4n) is 1.73. The van der Waals surface area contributed by atoms with Gasteiger partial charge in [0, 0.05) is 0 Å². The van der Waals surface area contributed by atoms with E-state index in [0.717, 1.165) is 4.47 Å². The summed E-state index contributed by atoms with van der Waals surface area (Å²) in [5, 5.41) is 0.675. The molecule has 1 atom stereocenters. The van der Waals surface area contributed by atoms with Crippen LogP contribution >= 0.6 is 7.60 Å². The molecule has 0 aromatic carbocycles. The summed E-state index contributed by atoms with van der Waals surface area (Å²) in [7, 11) is -3.15. The van der Waals surface area contributed by atoms with Crippen molar-refractivity contribution in [2.24, 2.45) is 0 Å². The van der Waals surface area contributed by atoms with Gasteiger partial charge in [-0.05, 0) is 0 Å². The van der Waals surface area contributed by atoms with Crippen LogP contribution in [-0.4, -0.2) is 26.7 Å². The summed E-state index contributed by atoms with van der Waals surface area (Å²) in [5.41, 5.74) is -0.497. The summed E-state index contributed by atoms with van der Waals surface area (Å²) in [4.78, 5) is 0. The topological polar surface area (TPSA) is 35.5 Å². The Morgan fingerprint density at radius 3 is 2.50 bits per heavy atom. The Morgan fingerprint density at radius 2 is 2.12 bits per heavy atom. The van der Waals surface area contributed by atoms with Crippen LogP contribution in [0, 0.1) is 0 Å². The summed E-state index contributed by atoms with van der Waals surface area (Å²) in [6.45, 7) is 11.3. The van der Waals surface area contributed by atoms with Crippen LogP contribution in [-0.2, 0) is 13.6 Å². The molecule has 0 N–H and O–H groups in total. The fraction of sp³-hybridized carbons (Fsp3) is 0.636. The third-order valence-corrected chi connectivity index (χ3v) is 7.25. The van der Waals surface area contributed by atoms with Crippen molar-refractivity contribution in [2.45, 2.75) is 45.2 Å². The molecule has 1 aliphatic rings. The van der Waals surface area contributed by atoms with E-state index in [1.165, 1.54) is 0 Å². The van der Waals surface area contributed by atoms with Crippen molar-refractivity contribution in [3.05, 3.63) is 22.4 Å². The molecule has 0 fully saturated rings. The normalized spacial score (nSPS) is 28.9. The van der Waals surface area contributed by atoms with E-state index in [9.17, 15) is 4.57 Å². The Morgan fingerprint density at radius 1 is 1.56 bits per heavy atom. The van der Waals surface area contributed by atoms with Crippen LogP contribution in [0.2, 0.25) is 5.82 Å². The number of allylic oxidation sites excluding steroid dienone is 2. The van der Waals surface area contributed by atoms with Crippen molar-refractivity contribution in [3.8, 4) is 0 Å². The third-order valence-electron chi connectivity index (χ3n) is 2.17. The predicted octanol–water partition coefficient (Wildman–Crippen LogP) is 3.56. The Bertz CT molecular complexity index is 371. The van der Waals surface area contributed by atoms with E-state index < -0.39 is 13.2 Å². The van der Waals surface area contributed by atoms with Crippen molar-refractivity contribution >= 4 is 22.6 Å². The van der Waals surface area contributed by atoms with Crippen LogP contribution in [0.4, 0.5) is 0 Å². The molecular formula is C11H19O3PSe. The molecule has 0 spiro atoms. The zero-order valence-electron chi connectivity index (χ0n) is 10.4. The molecule has 1 unspecified atom stereocenters. The molecule has 92 valence electrons. The van der Waals surface area contributed by atoms with Crippen molar-refractivity contribution in [3.63, 3.8) is 0 Å². The van der Waals surface area contributed by atoms with E-state index in [1.807, 2.05) is 27.7 Å². The molecular weight excluding hydrogens is 290 g/mol. The van der Waals surface area contributed by atoms with Gasteiger partial charge < -0.3 is 0 Å². The quantitative estimate of drug-likeness (QED) is 0.588. The van der Waals surface area contributed by atoms with Crippen molar-refractivity contribution in [1.82, 2.24) is 0 Å². The first-order valence-corrected chi connectivity index (χ1v) is 9.29. The summed E-state index contributed by atoms with van der Waals surface area (Å²) >= 11 is 0.236. The maximum absolute atomic E-state index is 12.6. The molecule has 0 saturated heterocycles. The van der Waals surface area contributed by atoms with Crippen LogP contribution in [0.3, 0.4) is 0 Å². The molecule has 1 rings (SSSR count). The number of hydrogen-bond acceptors (Lipinski definition) is 3. The zero-order chi connectivity index (χ0) is 12.6. The van der Waals surface area contributed by atoms with Gasteiger partial charge in [-0.25, -0.2) is 0 Å². The van der Waals surface area contributed by atoms with E-state index in [1.54, 1.807) is 6.08 Å². The summed E-state index contributed by atoms with van der Waals surface area (Å²) < 4.78 is 24.8. The van der Waals surface area contributed by atoms with E-state index in [2.05, 4.69) is 12.4 Å². The predicted molar refractivity (Wildman–Crippen MR) is 67.8 cm³/mol. The van der Waals surface area contributed by atoms with E-state index >= 15 is 0 Å². The van der Waals surface area contributed by atoms with Crippen LogP contribution in [0.5, 0.6) is 0 Å². The van der Waals surface area contributed by atoms with Crippen molar-refractivity contribution in [2.75, 3.05) is 0 Å². The average Bonchev–Trinajstić information content (AvgIpc) is 2.28. The van der Waals surface area contributed by atoms with Crippen molar-refractivity contribution < 1.29 is 13.6 Å². The van der Waals surface area contributed by atoms with Crippen LogP contribution < -0.4 is 0 Å². The van der Waals surface area contributed by atoms with Crippen LogP contribution in [0.25, 0.3) is 0 Å². The monoisotopic (exact) mass is 310 g/mol. The molecule has 1 aliphatic heterocycles. The van der Waals surface area contributed by atoms with Gasteiger partial charge in [-0.2, -0.15) is 0 Å². The second-order valence-electron chi connectivity index (χ2n) is 4.38. The SMILES string of the molecule is C=CC1=C([Se]C)C(C)(C)OP1(=O)OC(C)C. The molecule has 1 heterocycles. The fourth-order valence-corrected chi connectivity index (χ4v) is 7.03. The molecule has 3 nitrogen and oxygen atoms in total. The van der Waals surface area contributed by atoms with Gasteiger partial charge >= 0.3 is 104 Å². The van der Waals surface area contributed by atoms with Crippen LogP contribution in [0.15, 0.2) is 22.4 Å². The first-order valence-electron chi connectivity index (χ1n) is 5.18. The Kier molecular flexibility index (Phi) is 4.26. The summed E-state index contributed by atoms with van der Waals surface area (Å²) in [6.07, 6.45) is 1.50. The van der Waals surface area contributed by atoms with Gasteiger partial charge in [0.1, 0.15) is 0 Å². The van der Waals surface area contributed by atoms with Gasteiger partial charge in [-0.1, -0.05) is 0 Å². The standard InChI is InChI=1S/C11H19O3PSe/c1-7-9-10(16-6)11(4,5)14-15(9,12)13-8(2)3/h7-8H,1H2,2-6H3. The van der Waals surface area contributed by atoms with E-state index in [-0.39, 0.29) is 21.1 Å². The first-order chi connectivity index (χ1) is 7.27. The van der Waals surface area contributed by atoms with Gasteiger partial charge in [-0.3, -0.25) is 0 Å². The number of hydrogen-bond donors (Lipinski definition) is 0. The Hall–Kier alpha value is 0.149. The molecule has 0 aromatic heterocycles.